The Labute approximate surface area is 140 Å². The van der Waals surface area contributed by atoms with E-state index in [-0.39, 0.29) is 24.2 Å². The van der Waals surface area contributed by atoms with Crippen LogP contribution in [-0.2, 0) is 9.59 Å². The molecule has 0 saturated carbocycles. The molecule has 1 unspecified atom stereocenters. The van der Waals surface area contributed by atoms with Crippen LogP contribution in [0.5, 0.6) is 0 Å². The van der Waals surface area contributed by atoms with Gasteiger partial charge in [-0.3, -0.25) is 9.59 Å². The molecule has 1 saturated heterocycles. The van der Waals surface area contributed by atoms with Crippen molar-refractivity contribution in [2.45, 2.75) is 26.7 Å². The number of nitrogens with zero attached hydrogens (tertiary/aromatic N) is 1. The Bertz CT molecular complexity index is 555. The molecule has 4 nitrogen and oxygen atoms in total. The molecular formula is C16H20Cl2N2O2. The van der Waals surface area contributed by atoms with Crippen LogP contribution in [0.2, 0.25) is 10.0 Å². The highest BCUT2D eigenvalue weighted by molar-refractivity contribution is 6.40. The predicted molar refractivity (Wildman–Crippen MR) is 89.4 cm³/mol. The minimum atomic E-state index is -0.355. The van der Waals surface area contributed by atoms with E-state index in [4.69, 9.17) is 23.2 Å². The van der Waals surface area contributed by atoms with Gasteiger partial charge in [0, 0.05) is 19.5 Å². The third kappa shape index (κ3) is 3.93. The fraction of sp³-hybridized carbons (Fsp3) is 0.500. The van der Waals surface area contributed by atoms with E-state index < -0.39 is 0 Å². The summed E-state index contributed by atoms with van der Waals surface area (Å²) < 4.78 is 0. The minimum absolute atomic E-state index is 0.0836. The Balaban J connectivity index is 2.03. The molecule has 0 bridgehead atoms. The lowest BCUT2D eigenvalue weighted by atomic mass is 10.1. The Morgan fingerprint density at radius 2 is 2.00 bits per heavy atom. The largest absolute Gasteiger partial charge is 0.356 e. The van der Waals surface area contributed by atoms with Gasteiger partial charge in [0.1, 0.15) is 0 Å². The number of nitrogens with one attached hydrogen (secondary N) is 1. The first-order valence-corrected chi connectivity index (χ1v) is 8.17. The third-order valence-corrected chi connectivity index (χ3v) is 4.33. The maximum atomic E-state index is 12.2. The molecular weight excluding hydrogens is 323 g/mol. The number of anilines is 1. The maximum absolute atomic E-state index is 12.2. The molecule has 0 aliphatic carbocycles. The summed E-state index contributed by atoms with van der Waals surface area (Å²) in [5, 5.41) is 3.73. The molecule has 1 aromatic rings. The fourth-order valence-corrected chi connectivity index (χ4v) is 3.08. The van der Waals surface area contributed by atoms with E-state index in [1.807, 2.05) is 0 Å². The predicted octanol–water partition coefficient (Wildman–Crippen LogP) is 3.51. The van der Waals surface area contributed by atoms with Crippen molar-refractivity contribution in [2.75, 3.05) is 18.0 Å². The van der Waals surface area contributed by atoms with E-state index in [0.29, 0.717) is 34.7 Å². The number of hydrogen-bond acceptors (Lipinski definition) is 2. The lowest BCUT2D eigenvalue weighted by Gasteiger charge is -2.19. The van der Waals surface area contributed by atoms with Gasteiger partial charge in [0.15, 0.2) is 0 Å². The van der Waals surface area contributed by atoms with Crippen LogP contribution < -0.4 is 10.2 Å². The van der Waals surface area contributed by atoms with Crippen molar-refractivity contribution in [3.63, 3.8) is 0 Å². The third-order valence-electron chi connectivity index (χ3n) is 3.72. The van der Waals surface area contributed by atoms with Crippen molar-refractivity contribution in [2.24, 2.45) is 11.8 Å². The first-order chi connectivity index (χ1) is 10.4. The van der Waals surface area contributed by atoms with Crippen molar-refractivity contribution in [1.82, 2.24) is 5.32 Å². The first kappa shape index (κ1) is 17.1. The van der Waals surface area contributed by atoms with Gasteiger partial charge in [0.2, 0.25) is 11.8 Å². The zero-order valence-corrected chi connectivity index (χ0v) is 14.2. The lowest BCUT2D eigenvalue weighted by molar-refractivity contribution is -0.126. The minimum Gasteiger partial charge on any atom is -0.356 e. The molecule has 1 fully saturated rings. The molecule has 2 amide bonds. The normalized spacial score (nSPS) is 18.1. The summed E-state index contributed by atoms with van der Waals surface area (Å²) in [4.78, 5) is 25.9. The van der Waals surface area contributed by atoms with E-state index in [1.165, 1.54) is 4.90 Å². The molecule has 120 valence electrons. The van der Waals surface area contributed by atoms with Crippen molar-refractivity contribution >= 4 is 40.7 Å². The highest BCUT2D eigenvalue weighted by atomic mass is 35.5. The molecule has 0 aromatic heterocycles. The van der Waals surface area contributed by atoms with Crippen LogP contribution in [0.1, 0.15) is 26.7 Å². The summed E-state index contributed by atoms with van der Waals surface area (Å²) in [6, 6.07) is 5.10. The van der Waals surface area contributed by atoms with Crippen molar-refractivity contribution in [3.8, 4) is 0 Å². The molecule has 0 spiro atoms. The number of para-hydroxylation sites is 1. The molecule has 0 radical (unpaired) electrons. The second-order valence-corrected chi connectivity index (χ2v) is 6.76. The summed E-state index contributed by atoms with van der Waals surface area (Å²) >= 11 is 12.3. The average molecular weight is 343 g/mol. The van der Waals surface area contributed by atoms with E-state index in [0.717, 1.165) is 6.42 Å². The fourth-order valence-electron chi connectivity index (χ4n) is 2.47. The molecule has 22 heavy (non-hydrogen) atoms. The van der Waals surface area contributed by atoms with Crippen LogP contribution in [0, 0.1) is 11.8 Å². The molecule has 1 atom stereocenters. The molecule has 2 rings (SSSR count). The van der Waals surface area contributed by atoms with Crippen molar-refractivity contribution in [1.29, 1.82) is 0 Å². The lowest BCUT2D eigenvalue weighted by Crippen LogP contribution is -2.34. The van der Waals surface area contributed by atoms with E-state index in [2.05, 4.69) is 19.2 Å². The van der Waals surface area contributed by atoms with Crippen LogP contribution >= 0.6 is 23.2 Å². The summed E-state index contributed by atoms with van der Waals surface area (Å²) in [6.07, 6.45) is 1.11. The molecule has 1 heterocycles. The average Bonchev–Trinajstić information content (AvgIpc) is 2.80. The smallest absolute Gasteiger partial charge is 0.227 e. The van der Waals surface area contributed by atoms with Crippen LogP contribution in [0.25, 0.3) is 0 Å². The zero-order valence-electron chi connectivity index (χ0n) is 12.7. The van der Waals surface area contributed by atoms with Gasteiger partial charge < -0.3 is 10.2 Å². The SMILES string of the molecule is CC(C)CCNC(=O)C1CC(=O)N(c2c(Cl)cccc2Cl)C1. The van der Waals surface area contributed by atoms with Gasteiger partial charge in [-0.15, -0.1) is 0 Å². The topological polar surface area (TPSA) is 49.4 Å². The standard InChI is InChI=1S/C16H20Cl2N2O2/c1-10(2)6-7-19-16(22)11-8-14(21)20(9-11)15-12(17)4-3-5-13(15)18/h3-5,10-11H,6-9H2,1-2H3,(H,19,22). The maximum Gasteiger partial charge on any atom is 0.227 e. The number of carbonyl (C=O) groups excluding carboxylic acids is 2. The number of halogens is 2. The summed E-state index contributed by atoms with van der Waals surface area (Å²) in [6.45, 7) is 5.16. The summed E-state index contributed by atoms with van der Waals surface area (Å²) in [7, 11) is 0. The summed E-state index contributed by atoms with van der Waals surface area (Å²) in [5.74, 6) is -0.0328. The van der Waals surface area contributed by atoms with E-state index in [9.17, 15) is 9.59 Å². The van der Waals surface area contributed by atoms with Gasteiger partial charge in [-0.05, 0) is 24.5 Å². The van der Waals surface area contributed by atoms with Crippen molar-refractivity contribution < 1.29 is 9.59 Å². The molecule has 1 aliphatic rings. The number of hydrogen-bond donors (Lipinski definition) is 1. The van der Waals surface area contributed by atoms with Gasteiger partial charge in [-0.1, -0.05) is 43.1 Å². The van der Waals surface area contributed by atoms with E-state index in [1.54, 1.807) is 18.2 Å². The number of benzene rings is 1. The van der Waals surface area contributed by atoms with Crippen LogP contribution in [0.15, 0.2) is 18.2 Å². The van der Waals surface area contributed by atoms with Gasteiger partial charge in [0.25, 0.3) is 0 Å². The number of amides is 2. The van der Waals surface area contributed by atoms with Gasteiger partial charge in [-0.2, -0.15) is 0 Å². The zero-order chi connectivity index (χ0) is 16.3. The number of rotatable bonds is 5. The molecule has 6 heteroatoms. The monoisotopic (exact) mass is 342 g/mol. The molecule has 1 N–H and O–H groups in total. The second kappa shape index (κ2) is 7.34. The van der Waals surface area contributed by atoms with E-state index >= 15 is 0 Å². The number of carbonyl (C=O) groups is 2. The van der Waals surface area contributed by atoms with Crippen molar-refractivity contribution in [3.05, 3.63) is 28.2 Å². The Kier molecular flexibility index (Phi) is 5.70. The Hall–Kier alpha value is -1.26. The molecule has 1 aromatic carbocycles. The van der Waals surface area contributed by atoms with Gasteiger partial charge in [0.05, 0.1) is 21.7 Å². The quantitative estimate of drug-likeness (QED) is 0.889. The van der Waals surface area contributed by atoms with Crippen LogP contribution in [0.4, 0.5) is 5.69 Å². The van der Waals surface area contributed by atoms with Crippen LogP contribution in [0.3, 0.4) is 0 Å². The first-order valence-electron chi connectivity index (χ1n) is 7.42. The van der Waals surface area contributed by atoms with Crippen LogP contribution in [-0.4, -0.2) is 24.9 Å². The van der Waals surface area contributed by atoms with Gasteiger partial charge in [-0.25, -0.2) is 0 Å². The van der Waals surface area contributed by atoms with Gasteiger partial charge >= 0.3 is 0 Å². The Morgan fingerprint density at radius 3 is 2.59 bits per heavy atom. The second-order valence-electron chi connectivity index (χ2n) is 5.95. The highest BCUT2D eigenvalue weighted by Crippen LogP contribution is 2.37. The Morgan fingerprint density at radius 1 is 1.36 bits per heavy atom. The molecule has 1 aliphatic heterocycles. The summed E-state index contributed by atoms with van der Waals surface area (Å²) in [5.41, 5.74) is 0.494. The highest BCUT2D eigenvalue weighted by Gasteiger charge is 2.36.